The van der Waals surface area contributed by atoms with Gasteiger partial charge in [0.2, 0.25) is 0 Å². The summed E-state index contributed by atoms with van der Waals surface area (Å²) in [4.78, 5) is 12.8. The van der Waals surface area contributed by atoms with Crippen LogP contribution >= 0.6 is 0 Å². The van der Waals surface area contributed by atoms with E-state index in [1.807, 2.05) is 4.93 Å². The van der Waals surface area contributed by atoms with E-state index < -0.39 is 58.7 Å². The number of amides is 1. The average molecular weight is 376 g/mol. The molecule has 1 unspecified atom stereocenters. The summed E-state index contributed by atoms with van der Waals surface area (Å²) in [5.74, 6) is -0.780. The van der Waals surface area contributed by atoms with Crippen LogP contribution in [0.1, 0.15) is 6.92 Å². The first-order valence-corrected chi connectivity index (χ1v) is 8.57. The van der Waals surface area contributed by atoms with Gasteiger partial charge in [0.05, 0.1) is 0 Å². The van der Waals surface area contributed by atoms with E-state index in [1.165, 1.54) is 6.92 Å². The van der Waals surface area contributed by atoms with Crippen molar-refractivity contribution < 1.29 is 49.5 Å². The first-order valence-electron chi connectivity index (χ1n) is 5.53. The number of aliphatic hydroxyl groups is 3. The minimum atomic E-state index is -1.19. The normalized spacial score (nSPS) is 36.6. The number of carbonyl (C=O) groups excluding carboxylic acids is 1. The third-order valence-corrected chi connectivity index (χ3v) is 3.78. The van der Waals surface area contributed by atoms with Gasteiger partial charge in [-0.25, -0.2) is 0 Å². The summed E-state index contributed by atoms with van der Waals surface area (Å²) in [5.41, 5.74) is 0. The first kappa shape index (κ1) is 16.1. The summed E-state index contributed by atoms with van der Waals surface area (Å²) in [7, 11) is 0. The molecule has 1 aliphatic heterocycles. The van der Waals surface area contributed by atoms with Gasteiger partial charge in [0, 0.05) is 0 Å². The van der Waals surface area contributed by atoms with Crippen LogP contribution in [-0.2, 0) is 12.6 Å². The molecule has 0 aromatic carbocycles. The SMILES string of the molecule is C[I-]O[C@@H]1O[C@H](CO)[C@H](O)[C@H](O)C1CNC(C)=O. The number of hydrogen-bond acceptors (Lipinski definition) is 6. The predicted octanol–water partition coefficient (Wildman–Crippen LogP) is -5.17. The Morgan fingerprint density at radius 3 is 2.61 bits per heavy atom. The average Bonchev–Trinajstić information content (AvgIpc) is 2.33. The van der Waals surface area contributed by atoms with Crippen LogP contribution in [0, 0.1) is 5.92 Å². The summed E-state index contributed by atoms with van der Waals surface area (Å²) in [6, 6.07) is 0. The molecule has 1 amide bonds. The van der Waals surface area contributed by atoms with Gasteiger partial charge in [0.1, 0.15) is 0 Å². The van der Waals surface area contributed by atoms with Gasteiger partial charge in [-0.3, -0.25) is 0 Å². The summed E-state index contributed by atoms with van der Waals surface area (Å²) in [6.45, 7) is 1.12. The number of alkyl halides is 1. The van der Waals surface area contributed by atoms with Gasteiger partial charge in [0.15, 0.2) is 0 Å². The van der Waals surface area contributed by atoms with Gasteiger partial charge in [0.25, 0.3) is 0 Å². The number of hydrogen-bond donors (Lipinski definition) is 4. The zero-order valence-corrected chi connectivity index (χ0v) is 12.4. The van der Waals surface area contributed by atoms with Crippen LogP contribution < -0.4 is 26.9 Å². The second-order valence-corrected chi connectivity index (χ2v) is 5.44. The molecule has 1 rings (SSSR count). The van der Waals surface area contributed by atoms with Crippen LogP contribution in [0.3, 0.4) is 0 Å². The predicted molar refractivity (Wildman–Crippen MR) is 56.9 cm³/mol. The van der Waals surface area contributed by atoms with E-state index >= 15 is 0 Å². The van der Waals surface area contributed by atoms with Crippen molar-refractivity contribution in [3.05, 3.63) is 0 Å². The maximum atomic E-state index is 10.9. The molecule has 0 bridgehead atoms. The van der Waals surface area contributed by atoms with Crippen molar-refractivity contribution in [2.75, 3.05) is 18.1 Å². The topological polar surface area (TPSA) is 108 Å². The molecule has 18 heavy (non-hydrogen) atoms. The summed E-state index contributed by atoms with van der Waals surface area (Å²) < 4.78 is 10.8. The van der Waals surface area contributed by atoms with Crippen LogP contribution in [0.2, 0.25) is 0 Å². The number of ether oxygens (including phenoxy) is 1. The van der Waals surface area contributed by atoms with Crippen molar-refractivity contribution in [3.63, 3.8) is 0 Å². The van der Waals surface area contributed by atoms with Gasteiger partial charge in [-0.2, -0.15) is 0 Å². The molecule has 0 aliphatic carbocycles. The van der Waals surface area contributed by atoms with Crippen molar-refractivity contribution in [1.29, 1.82) is 0 Å². The fourth-order valence-electron chi connectivity index (χ4n) is 1.79. The molecule has 0 saturated carbocycles. The van der Waals surface area contributed by atoms with Crippen LogP contribution in [0.5, 0.6) is 0 Å². The monoisotopic (exact) mass is 376 g/mol. The van der Waals surface area contributed by atoms with E-state index in [1.54, 1.807) is 0 Å². The zero-order valence-electron chi connectivity index (χ0n) is 10.2. The molecule has 1 aliphatic rings. The molecule has 1 saturated heterocycles. The van der Waals surface area contributed by atoms with Crippen molar-refractivity contribution in [2.24, 2.45) is 5.92 Å². The van der Waals surface area contributed by atoms with Gasteiger partial charge >= 0.3 is 116 Å². The van der Waals surface area contributed by atoms with Crippen molar-refractivity contribution in [2.45, 2.75) is 31.5 Å². The van der Waals surface area contributed by atoms with Crippen molar-refractivity contribution in [3.8, 4) is 0 Å². The second kappa shape index (κ2) is 7.56. The number of halogens is 1. The molecular weight excluding hydrogens is 357 g/mol. The molecule has 0 radical (unpaired) electrons. The standard InChI is InChI=1S/C10H19INO6/c1-5(14)12-3-6-8(15)9(16)7(4-13)17-10(6)18-11-2/h6-10,13,15-16H,3-4H2,1-2H3,(H,12,14)/q-1/t6?,7-,8-,9+,10+/m1/s1. The summed E-state index contributed by atoms with van der Waals surface area (Å²) in [6.07, 6.45) is -3.88. The Kier molecular flexibility index (Phi) is 6.74. The van der Waals surface area contributed by atoms with Crippen molar-refractivity contribution in [1.82, 2.24) is 5.32 Å². The Labute approximate surface area is 116 Å². The van der Waals surface area contributed by atoms with E-state index in [0.717, 1.165) is 0 Å². The zero-order chi connectivity index (χ0) is 13.7. The molecule has 1 heterocycles. The van der Waals surface area contributed by atoms with E-state index in [0.29, 0.717) is 0 Å². The number of carbonyl (C=O) groups is 1. The Bertz CT molecular complexity index is 279. The number of nitrogens with one attached hydrogen (secondary N) is 1. The fourth-order valence-corrected chi connectivity index (χ4v) is 2.79. The molecule has 1 fully saturated rings. The maximum absolute atomic E-state index is 10.9. The van der Waals surface area contributed by atoms with E-state index in [-0.39, 0.29) is 12.5 Å². The molecule has 0 spiro atoms. The van der Waals surface area contributed by atoms with E-state index in [2.05, 4.69) is 5.32 Å². The van der Waals surface area contributed by atoms with Crippen LogP contribution in [0.25, 0.3) is 0 Å². The third kappa shape index (κ3) is 4.00. The van der Waals surface area contributed by atoms with E-state index in [4.69, 9.17) is 12.9 Å². The Morgan fingerprint density at radius 2 is 2.11 bits per heavy atom. The minimum absolute atomic E-state index is 0.153. The van der Waals surface area contributed by atoms with Crippen LogP contribution in [0.15, 0.2) is 0 Å². The van der Waals surface area contributed by atoms with Gasteiger partial charge < -0.3 is 0 Å². The molecule has 8 heteroatoms. The number of rotatable bonds is 5. The van der Waals surface area contributed by atoms with Crippen LogP contribution in [0.4, 0.5) is 0 Å². The van der Waals surface area contributed by atoms with Gasteiger partial charge in [-0.05, 0) is 0 Å². The quantitative estimate of drug-likeness (QED) is 0.282. The molecular formula is C10H19INO6-. The molecule has 0 aromatic heterocycles. The third-order valence-electron chi connectivity index (χ3n) is 2.77. The summed E-state index contributed by atoms with van der Waals surface area (Å²) in [5, 5.41) is 31.4. The molecule has 108 valence electrons. The first-order chi connectivity index (χ1) is 8.51. The molecule has 5 atom stereocenters. The summed E-state index contributed by atoms with van der Waals surface area (Å²) >= 11 is -0.543. The van der Waals surface area contributed by atoms with Gasteiger partial charge in [-0.1, -0.05) is 0 Å². The Hall–Kier alpha value is -0.000000000000000222. The molecule has 0 aromatic rings. The fraction of sp³-hybridized carbons (Fsp3) is 0.900. The van der Waals surface area contributed by atoms with E-state index in [9.17, 15) is 15.0 Å². The van der Waals surface area contributed by atoms with Gasteiger partial charge in [-0.15, -0.1) is 0 Å². The Morgan fingerprint density at radius 1 is 1.44 bits per heavy atom. The second-order valence-electron chi connectivity index (χ2n) is 4.05. The van der Waals surface area contributed by atoms with Crippen molar-refractivity contribution >= 4 is 5.91 Å². The molecule has 7 nitrogen and oxygen atoms in total. The molecule has 4 N–H and O–H groups in total. The van der Waals surface area contributed by atoms with Crippen LogP contribution in [-0.4, -0.2) is 63.9 Å². The Balaban J connectivity index is 2.71. The number of aliphatic hydroxyl groups excluding tert-OH is 3.